The molecule has 0 spiro atoms. The van der Waals surface area contributed by atoms with Gasteiger partial charge >= 0.3 is 13.6 Å². The van der Waals surface area contributed by atoms with Crippen molar-refractivity contribution in [2.45, 2.75) is 83.6 Å². The van der Waals surface area contributed by atoms with Crippen molar-refractivity contribution in [1.29, 1.82) is 0 Å². The highest BCUT2D eigenvalue weighted by molar-refractivity contribution is 7.50. The van der Waals surface area contributed by atoms with Crippen LogP contribution in [0.3, 0.4) is 0 Å². The Morgan fingerprint density at radius 1 is 0.912 bits per heavy atom. The zero-order chi connectivity index (χ0) is 24.7. The molecular formula is C27H38NO5P. The molecular weight excluding hydrogens is 449 g/mol. The van der Waals surface area contributed by atoms with E-state index < -0.39 is 13.6 Å². The van der Waals surface area contributed by atoms with Crippen LogP contribution in [0.25, 0.3) is 0 Å². The van der Waals surface area contributed by atoms with Gasteiger partial charge in [-0.2, -0.15) is 0 Å². The summed E-state index contributed by atoms with van der Waals surface area (Å²) in [7, 11) is -4.11. The maximum Gasteiger partial charge on any atom is 0.329 e. The topological polar surface area (TPSA) is 98.1 Å². The summed E-state index contributed by atoms with van der Waals surface area (Å²) in [5.74, 6) is 0.0419. The lowest BCUT2D eigenvalue weighted by Gasteiger charge is -2.38. The van der Waals surface area contributed by atoms with Gasteiger partial charge in [-0.15, -0.1) is 0 Å². The van der Waals surface area contributed by atoms with Crippen LogP contribution in [0.1, 0.15) is 80.5 Å². The summed E-state index contributed by atoms with van der Waals surface area (Å²) in [6.45, 7) is 5.60. The average molecular weight is 488 g/mol. The molecule has 186 valence electrons. The number of hydrogen-bond donors (Lipinski definition) is 3. The van der Waals surface area contributed by atoms with Gasteiger partial charge in [-0.1, -0.05) is 81.6 Å². The molecule has 0 aromatic heterocycles. The summed E-state index contributed by atoms with van der Waals surface area (Å²) < 4.78 is 11.3. The minimum Gasteiger partial charge on any atom is -0.481 e. The van der Waals surface area contributed by atoms with E-state index in [0.29, 0.717) is 30.5 Å². The fourth-order valence-electron chi connectivity index (χ4n) is 5.05. The lowest BCUT2D eigenvalue weighted by Crippen LogP contribution is -2.42. The monoisotopic (exact) mass is 487 g/mol. The Morgan fingerprint density at radius 3 is 1.88 bits per heavy atom. The van der Waals surface area contributed by atoms with Crippen molar-refractivity contribution < 1.29 is 24.3 Å². The van der Waals surface area contributed by atoms with E-state index in [9.17, 15) is 24.3 Å². The van der Waals surface area contributed by atoms with Gasteiger partial charge in [0, 0.05) is 19.1 Å². The van der Waals surface area contributed by atoms with Crippen LogP contribution in [-0.2, 0) is 28.6 Å². The van der Waals surface area contributed by atoms with Crippen LogP contribution in [0, 0.1) is 5.92 Å². The summed E-state index contributed by atoms with van der Waals surface area (Å²) in [5.41, 5.74) is 4.06. The molecule has 6 nitrogen and oxygen atoms in total. The highest BCUT2D eigenvalue weighted by atomic mass is 31.2. The Bertz CT molecular complexity index is 962. The van der Waals surface area contributed by atoms with E-state index in [1.54, 1.807) is 12.1 Å². The molecule has 0 aliphatic heterocycles. The number of carboxylic acid groups (broad SMARTS) is 1. The van der Waals surface area contributed by atoms with Crippen molar-refractivity contribution >= 4 is 13.6 Å². The van der Waals surface area contributed by atoms with E-state index in [1.807, 2.05) is 12.1 Å². The van der Waals surface area contributed by atoms with Gasteiger partial charge in [0.05, 0.1) is 12.6 Å². The first-order valence-corrected chi connectivity index (χ1v) is 14.1. The van der Waals surface area contributed by atoms with E-state index in [1.165, 1.54) is 12.0 Å². The van der Waals surface area contributed by atoms with Crippen LogP contribution in [-0.4, -0.2) is 31.8 Å². The first-order chi connectivity index (χ1) is 16.1. The number of hydrogen-bond acceptors (Lipinski definition) is 3. The molecule has 2 aromatic carbocycles. The van der Waals surface area contributed by atoms with Crippen molar-refractivity contribution in [3.63, 3.8) is 0 Å². The third-order valence-electron chi connectivity index (χ3n) is 6.88. The molecule has 0 radical (unpaired) electrons. The molecule has 0 amide bonds. The van der Waals surface area contributed by atoms with Gasteiger partial charge in [0.2, 0.25) is 0 Å². The second-order valence-corrected chi connectivity index (χ2v) is 11.6. The maximum absolute atomic E-state index is 11.9. The molecule has 34 heavy (non-hydrogen) atoms. The summed E-state index contributed by atoms with van der Waals surface area (Å²) in [4.78, 5) is 32.7. The second kappa shape index (κ2) is 12.1. The fraction of sp³-hybridized carbons (Fsp3) is 0.519. The molecule has 1 aliphatic carbocycles. The molecule has 0 bridgehead atoms. The molecule has 1 unspecified atom stereocenters. The lowest BCUT2D eigenvalue weighted by atomic mass is 9.81. The van der Waals surface area contributed by atoms with Gasteiger partial charge in [0.15, 0.2) is 0 Å². The first-order valence-electron chi connectivity index (χ1n) is 12.3. The number of rotatable bonds is 11. The third-order valence-corrected chi connectivity index (χ3v) is 7.65. The first kappa shape index (κ1) is 26.6. The third kappa shape index (κ3) is 8.35. The molecule has 1 fully saturated rings. The Morgan fingerprint density at radius 2 is 1.41 bits per heavy atom. The Balaban J connectivity index is 1.86. The average Bonchev–Trinajstić information content (AvgIpc) is 2.78. The molecule has 1 saturated carbocycles. The standard InChI is InChI=1S/C27H38NO5P/c1-20(2)24-14-12-22(13-15-24)18-28(26(16-27(29)30)25-6-4-3-5-7-25)17-21-8-10-23(11-9-21)19-34(31,32)33/h8-15,20,25-26H,3-7,16-19H2,1-2H3,(H,29,30)(H2,31,32,33). The minimum atomic E-state index is -4.11. The number of aliphatic carboxylic acids is 1. The van der Waals surface area contributed by atoms with E-state index in [-0.39, 0.29) is 18.6 Å². The largest absolute Gasteiger partial charge is 0.481 e. The van der Waals surface area contributed by atoms with Crippen molar-refractivity contribution in [3.8, 4) is 0 Å². The SMILES string of the molecule is CC(C)c1ccc(CN(Cc2ccc(CP(=O)(O)O)cc2)C(CC(=O)O)C2CCCCC2)cc1. The summed E-state index contributed by atoms with van der Waals surface area (Å²) in [6, 6.07) is 15.9. The van der Waals surface area contributed by atoms with Crippen LogP contribution >= 0.6 is 7.60 Å². The molecule has 3 N–H and O–H groups in total. The van der Waals surface area contributed by atoms with Crippen LogP contribution in [0.4, 0.5) is 0 Å². The molecule has 1 atom stereocenters. The molecule has 0 saturated heterocycles. The number of nitrogens with zero attached hydrogens (tertiary/aromatic N) is 1. The van der Waals surface area contributed by atoms with Crippen molar-refractivity contribution in [2.75, 3.05) is 0 Å². The highest BCUT2D eigenvalue weighted by Gasteiger charge is 2.31. The Labute approximate surface area is 203 Å². The van der Waals surface area contributed by atoms with E-state index in [0.717, 1.165) is 36.8 Å². The van der Waals surface area contributed by atoms with Gasteiger partial charge in [-0.25, -0.2) is 0 Å². The van der Waals surface area contributed by atoms with Gasteiger partial charge < -0.3 is 14.9 Å². The van der Waals surface area contributed by atoms with Crippen molar-refractivity contribution in [2.24, 2.45) is 5.92 Å². The Hall–Kier alpha value is -1.98. The predicted octanol–water partition coefficient (Wildman–Crippen LogP) is 5.91. The zero-order valence-corrected chi connectivity index (χ0v) is 21.2. The molecule has 0 heterocycles. The molecule has 2 aromatic rings. The number of carboxylic acids is 1. The zero-order valence-electron chi connectivity index (χ0n) is 20.3. The molecule has 3 rings (SSSR count). The van der Waals surface area contributed by atoms with Gasteiger partial charge in [0.1, 0.15) is 0 Å². The van der Waals surface area contributed by atoms with E-state index >= 15 is 0 Å². The van der Waals surface area contributed by atoms with Gasteiger partial charge in [0.25, 0.3) is 0 Å². The predicted molar refractivity (Wildman–Crippen MR) is 135 cm³/mol. The number of benzene rings is 2. The highest BCUT2D eigenvalue weighted by Crippen LogP contribution is 2.39. The van der Waals surface area contributed by atoms with Gasteiger partial charge in [-0.3, -0.25) is 14.3 Å². The smallest absolute Gasteiger partial charge is 0.329 e. The summed E-state index contributed by atoms with van der Waals surface area (Å²) in [6.07, 6.45) is 5.47. The van der Waals surface area contributed by atoms with Gasteiger partial charge in [-0.05, 0) is 46.9 Å². The second-order valence-electron chi connectivity index (χ2n) is 10.0. The molecule has 1 aliphatic rings. The normalized spacial score (nSPS) is 16.2. The van der Waals surface area contributed by atoms with Crippen molar-refractivity contribution in [1.82, 2.24) is 4.90 Å². The van der Waals surface area contributed by atoms with E-state index in [4.69, 9.17) is 0 Å². The fourth-order valence-corrected chi connectivity index (χ4v) is 5.73. The Kier molecular flexibility index (Phi) is 9.49. The lowest BCUT2D eigenvalue weighted by molar-refractivity contribution is -0.139. The molecule has 7 heteroatoms. The summed E-state index contributed by atoms with van der Waals surface area (Å²) in [5, 5.41) is 9.74. The van der Waals surface area contributed by atoms with E-state index in [2.05, 4.69) is 43.0 Å². The number of carbonyl (C=O) groups is 1. The van der Waals surface area contributed by atoms with Crippen molar-refractivity contribution in [3.05, 3.63) is 70.8 Å². The minimum absolute atomic E-state index is 0.0580. The van der Waals surface area contributed by atoms with Crippen LogP contribution in [0.15, 0.2) is 48.5 Å². The maximum atomic E-state index is 11.9. The van der Waals surface area contributed by atoms with Crippen LogP contribution < -0.4 is 0 Å². The van der Waals surface area contributed by atoms with Crippen LogP contribution in [0.5, 0.6) is 0 Å². The summed E-state index contributed by atoms with van der Waals surface area (Å²) >= 11 is 0. The quantitative estimate of drug-likeness (QED) is 0.341. The van der Waals surface area contributed by atoms with Crippen LogP contribution in [0.2, 0.25) is 0 Å².